The van der Waals surface area contributed by atoms with Crippen molar-refractivity contribution >= 4 is 11.6 Å². The van der Waals surface area contributed by atoms with Gasteiger partial charge in [-0.05, 0) is 31.4 Å². The summed E-state index contributed by atoms with van der Waals surface area (Å²) in [5.41, 5.74) is 2.47. The van der Waals surface area contributed by atoms with E-state index in [9.17, 15) is 0 Å². The zero-order chi connectivity index (χ0) is 8.97. The smallest absolute Gasteiger partial charge is 0.132 e. The molecule has 1 aliphatic carbocycles. The standard InChI is InChI=1S/C9H10O.C2H6/c1-7-3-2-4-8-5-6-10-9(7)8;1-2/h4-6H,2-3H2,1H3;1-2H3. The van der Waals surface area contributed by atoms with Crippen LogP contribution in [-0.4, -0.2) is 0 Å². The Balaban J connectivity index is 0.000000336. The van der Waals surface area contributed by atoms with Crippen LogP contribution in [0, 0.1) is 0 Å². The first kappa shape index (κ1) is 9.11. The van der Waals surface area contributed by atoms with Crippen molar-refractivity contribution in [2.45, 2.75) is 33.6 Å². The molecule has 1 heterocycles. The second kappa shape index (κ2) is 4.15. The SMILES string of the molecule is CC.CC1=c2occc2=CCC1. The topological polar surface area (TPSA) is 13.1 Å². The molecule has 0 aromatic carbocycles. The van der Waals surface area contributed by atoms with Crippen LogP contribution in [0.4, 0.5) is 0 Å². The van der Waals surface area contributed by atoms with E-state index in [1.807, 2.05) is 19.9 Å². The van der Waals surface area contributed by atoms with Crippen molar-refractivity contribution in [2.75, 3.05) is 0 Å². The molecule has 0 N–H and O–H groups in total. The normalized spacial score (nSPS) is 14.1. The molecule has 0 aliphatic heterocycles. The van der Waals surface area contributed by atoms with E-state index < -0.39 is 0 Å². The van der Waals surface area contributed by atoms with E-state index >= 15 is 0 Å². The minimum absolute atomic E-state index is 1.09. The summed E-state index contributed by atoms with van der Waals surface area (Å²) in [5.74, 6) is 0. The number of hydrogen-bond donors (Lipinski definition) is 0. The molecule has 0 atom stereocenters. The van der Waals surface area contributed by atoms with Crippen LogP contribution in [0.15, 0.2) is 16.7 Å². The maximum absolute atomic E-state index is 5.30. The van der Waals surface area contributed by atoms with Gasteiger partial charge < -0.3 is 4.42 Å². The summed E-state index contributed by atoms with van der Waals surface area (Å²) < 4.78 is 5.30. The highest BCUT2D eigenvalue weighted by Crippen LogP contribution is 2.05. The molecule has 0 spiro atoms. The fraction of sp³-hybridized carbons (Fsp3) is 0.455. The fourth-order valence-corrected chi connectivity index (χ4v) is 1.38. The van der Waals surface area contributed by atoms with Crippen LogP contribution in [0.1, 0.15) is 33.6 Å². The van der Waals surface area contributed by atoms with Crippen molar-refractivity contribution in [2.24, 2.45) is 0 Å². The largest absolute Gasteiger partial charge is 0.464 e. The van der Waals surface area contributed by atoms with E-state index in [2.05, 4.69) is 13.0 Å². The van der Waals surface area contributed by atoms with Gasteiger partial charge in [0.15, 0.2) is 0 Å². The summed E-state index contributed by atoms with van der Waals surface area (Å²) in [4.78, 5) is 0. The third-order valence-electron chi connectivity index (χ3n) is 1.97. The molecule has 0 radical (unpaired) electrons. The van der Waals surface area contributed by atoms with Gasteiger partial charge in [0.25, 0.3) is 0 Å². The van der Waals surface area contributed by atoms with E-state index in [1.54, 1.807) is 6.26 Å². The van der Waals surface area contributed by atoms with Crippen LogP contribution in [0.5, 0.6) is 0 Å². The highest BCUT2D eigenvalue weighted by molar-refractivity contribution is 5.46. The average molecular weight is 164 g/mol. The molecule has 12 heavy (non-hydrogen) atoms. The van der Waals surface area contributed by atoms with Gasteiger partial charge in [-0.1, -0.05) is 19.9 Å². The molecule has 0 saturated carbocycles. The second-order valence-electron chi connectivity index (χ2n) is 2.73. The third-order valence-corrected chi connectivity index (χ3v) is 1.97. The molecule has 0 unspecified atom stereocenters. The van der Waals surface area contributed by atoms with Gasteiger partial charge in [0, 0.05) is 5.22 Å². The molecule has 2 rings (SSSR count). The van der Waals surface area contributed by atoms with Crippen molar-refractivity contribution in [3.63, 3.8) is 0 Å². The Morgan fingerprint density at radius 2 is 2.08 bits per heavy atom. The van der Waals surface area contributed by atoms with E-state index in [-0.39, 0.29) is 0 Å². The van der Waals surface area contributed by atoms with Crippen molar-refractivity contribution < 1.29 is 4.42 Å². The summed E-state index contributed by atoms with van der Waals surface area (Å²) in [6, 6.07) is 2.03. The molecular formula is C11H16O. The lowest BCUT2D eigenvalue weighted by Gasteiger charge is -1.99. The van der Waals surface area contributed by atoms with E-state index in [4.69, 9.17) is 4.42 Å². The first-order chi connectivity index (χ1) is 5.88. The van der Waals surface area contributed by atoms with Gasteiger partial charge in [0.1, 0.15) is 5.42 Å². The van der Waals surface area contributed by atoms with Gasteiger partial charge in [0.05, 0.1) is 6.26 Å². The summed E-state index contributed by atoms with van der Waals surface area (Å²) in [5, 5.41) is 1.27. The van der Waals surface area contributed by atoms with E-state index in [0.29, 0.717) is 0 Å². The molecule has 1 heteroatoms. The van der Waals surface area contributed by atoms with Crippen molar-refractivity contribution in [3.8, 4) is 0 Å². The van der Waals surface area contributed by atoms with E-state index in [1.165, 1.54) is 17.2 Å². The number of fused-ring (bicyclic) bond motifs is 1. The van der Waals surface area contributed by atoms with Crippen LogP contribution < -0.4 is 10.6 Å². The first-order valence-corrected chi connectivity index (χ1v) is 4.61. The Labute approximate surface area is 73.4 Å². The molecule has 0 fully saturated rings. The second-order valence-corrected chi connectivity index (χ2v) is 2.73. The van der Waals surface area contributed by atoms with Crippen LogP contribution in [0.25, 0.3) is 11.6 Å². The van der Waals surface area contributed by atoms with Gasteiger partial charge in [-0.2, -0.15) is 0 Å². The van der Waals surface area contributed by atoms with Crippen molar-refractivity contribution in [1.82, 2.24) is 0 Å². The maximum atomic E-state index is 5.30. The molecule has 0 amide bonds. The molecule has 66 valence electrons. The molecule has 0 saturated heterocycles. The molecule has 1 aromatic heterocycles. The van der Waals surface area contributed by atoms with Gasteiger partial charge in [-0.15, -0.1) is 0 Å². The zero-order valence-electron chi connectivity index (χ0n) is 8.05. The fourth-order valence-electron chi connectivity index (χ4n) is 1.38. The van der Waals surface area contributed by atoms with Crippen LogP contribution in [0.3, 0.4) is 0 Å². The van der Waals surface area contributed by atoms with Crippen molar-refractivity contribution in [1.29, 1.82) is 0 Å². The summed E-state index contributed by atoms with van der Waals surface area (Å²) in [7, 11) is 0. The van der Waals surface area contributed by atoms with Gasteiger partial charge in [-0.25, -0.2) is 0 Å². The molecule has 0 bridgehead atoms. The molecule has 1 nitrogen and oxygen atoms in total. The van der Waals surface area contributed by atoms with Crippen LogP contribution in [-0.2, 0) is 0 Å². The number of furan rings is 1. The predicted octanol–water partition coefficient (Wildman–Crippen LogP) is 2.05. The lowest BCUT2D eigenvalue weighted by Crippen LogP contribution is -2.24. The quantitative estimate of drug-likeness (QED) is 0.572. The number of rotatable bonds is 0. The Morgan fingerprint density at radius 1 is 1.33 bits per heavy atom. The Kier molecular flexibility index (Phi) is 3.15. The molecular weight excluding hydrogens is 148 g/mol. The molecule has 1 aromatic rings. The minimum atomic E-state index is 1.09. The van der Waals surface area contributed by atoms with Gasteiger partial charge in [0.2, 0.25) is 0 Å². The summed E-state index contributed by atoms with van der Waals surface area (Å²) in [6.45, 7) is 6.13. The predicted molar refractivity (Wildman–Crippen MR) is 52.1 cm³/mol. The third kappa shape index (κ3) is 1.60. The van der Waals surface area contributed by atoms with Crippen molar-refractivity contribution in [3.05, 3.63) is 23.0 Å². The average Bonchev–Trinajstić information content (AvgIpc) is 2.57. The van der Waals surface area contributed by atoms with Gasteiger partial charge >= 0.3 is 0 Å². The summed E-state index contributed by atoms with van der Waals surface area (Å²) >= 11 is 0. The van der Waals surface area contributed by atoms with Crippen LogP contribution in [0.2, 0.25) is 0 Å². The Hall–Kier alpha value is -0.980. The lowest BCUT2D eigenvalue weighted by molar-refractivity contribution is 0.524. The molecule has 1 aliphatic rings. The maximum Gasteiger partial charge on any atom is 0.132 e. The highest BCUT2D eigenvalue weighted by atomic mass is 16.3. The number of hydrogen-bond acceptors (Lipinski definition) is 1. The highest BCUT2D eigenvalue weighted by Gasteiger charge is 2.00. The first-order valence-electron chi connectivity index (χ1n) is 4.61. The minimum Gasteiger partial charge on any atom is -0.464 e. The Morgan fingerprint density at radius 3 is 2.75 bits per heavy atom. The monoisotopic (exact) mass is 164 g/mol. The Bertz CT molecular complexity index is 343. The van der Waals surface area contributed by atoms with E-state index in [0.717, 1.165) is 11.8 Å². The lowest BCUT2D eigenvalue weighted by atomic mass is 10.1. The van der Waals surface area contributed by atoms with Gasteiger partial charge in [-0.3, -0.25) is 0 Å². The van der Waals surface area contributed by atoms with Crippen LogP contribution >= 0.6 is 0 Å². The zero-order valence-corrected chi connectivity index (χ0v) is 8.05. The summed E-state index contributed by atoms with van der Waals surface area (Å²) in [6.07, 6.45) is 6.31.